The predicted octanol–water partition coefficient (Wildman–Crippen LogP) is 4.76. The van der Waals surface area contributed by atoms with Gasteiger partial charge in [-0.25, -0.2) is 4.68 Å². The minimum atomic E-state index is -0.582. The Balaban J connectivity index is 1.84. The van der Waals surface area contributed by atoms with Gasteiger partial charge in [0.2, 0.25) is 5.91 Å². The lowest BCUT2D eigenvalue weighted by Gasteiger charge is -2.23. The van der Waals surface area contributed by atoms with Crippen molar-refractivity contribution in [2.24, 2.45) is 0 Å². The number of amides is 1. The molecule has 0 unspecified atom stereocenters. The average molecular weight is 394 g/mol. The Labute approximate surface area is 168 Å². The predicted molar refractivity (Wildman–Crippen MR) is 110 cm³/mol. The largest absolute Gasteiger partial charge is 0.310 e. The number of Topliss-reactive ketones (excluding diaryl/α,β-unsaturated/α-hetero) is 1. The highest BCUT2D eigenvalue weighted by atomic mass is 35.5. The normalized spacial score (nSPS) is 15.9. The van der Waals surface area contributed by atoms with Crippen LogP contribution in [0.2, 0.25) is 5.02 Å². The Morgan fingerprint density at radius 3 is 2.54 bits per heavy atom. The van der Waals surface area contributed by atoms with E-state index in [4.69, 9.17) is 11.6 Å². The first-order chi connectivity index (χ1) is 13.3. The van der Waals surface area contributed by atoms with Crippen LogP contribution in [-0.4, -0.2) is 21.5 Å². The Bertz CT molecular complexity index is 1100. The Morgan fingerprint density at radius 2 is 1.86 bits per heavy atom. The van der Waals surface area contributed by atoms with Crippen molar-refractivity contribution >= 4 is 29.1 Å². The fraction of sp³-hybridized carbons (Fsp3) is 0.227. The summed E-state index contributed by atoms with van der Waals surface area (Å²) in [7, 11) is 0. The molecule has 1 aliphatic heterocycles. The second-order valence-electron chi connectivity index (χ2n) is 7.28. The summed E-state index contributed by atoms with van der Waals surface area (Å²) in [5.41, 5.74) is 5.06. The van der Waals surface area contributed by atoms with Crippen molar-refractivity contribution in [1.29, 1.82) is 0 Å². The van der Waals surface area contributed by atoms with Crippen molar-refractivity contribution in [1.82, 2.24) is 9.78 Å². The van der Waals surface area contributed by atoms with Crippen molar-refractivity contribution in [3.05, 3.63) is 75.4 Å². The van der Waals surface area contributed by atoms with Crippen LogP contribution >= 0.6 is 11.6 Å². The summed E-state index contributed by atoms with van der Waals surface area (Å²) < 4.78 is 1.72. The zero-order chi connectivity index (χ0) is 20.0. The monoisotopic (exact) mass is 393 g/mol. The second-order valence-corrected chi connectivity index (χ2v) is 7.72. The molecule has 0 saturated heterocycles. The maximum absolute atomic E-state index is 13.2. The summed E-state index contributed by atoms with van der Waals surface area (Å²) in [4.78, 5) is 25.6. The maximum atomic E-state index is 13.2. The molecule has 2 aromatic carbocycles. The molecule has 2 heterocycles. The third-order valence-electron chi connectivity index (χ3n) is 4.98. The fourth-order valence-corrected chi connectivity index (χ4v) is 4.06. The van der Waals surface area contributed by atoms with Crippen LogP contribution < -0.4 is 5.32 Å². The quantitative estimate of drug-likeness (QED) is 0.652. The summed E-state index contributed by atoms with van der Waals surface area (Å²) in [5.74, 6) is -0.332. The van der Waals surface area contributed by atoms with Gasteiger partial charge in [-0.05, 0) is 56.2 Å². The van der Waals surface area contributed by atoms with Crippen molar-refractivity contribution < 1.29 is 9.59 Å². The van der Waals surface area contributed by atoms with Crippen LogP contribution in [-0.2, 0) is 4.79 Å². The van der Waals surface area contributed by atoms with Crippen LogP contribution in [0.3, 0.4) is 0 Å². The molecule has 0 radical (unpaired) electrons. The number of aryl methyl sites for hydroxylation is 3. The van der Waals surface area contributed by atoms with Gasteiger partial charge in [-0.15, -0.1) is 0 Å². The molecule has 0 spiro atoms. The third kappa shape index (κ3) is 3.22. The zero-order valence-electron chi connectivity index (χ0n) is 15.9. The topological polar surface area (TPSA) is 64.0 Å². The van der Waals surface area contributed by atoms with Crippen LogP contribution in [0.25, 0.3) is 5.69 Å². The highest BCUT2D eigenvalue weighted by Crippen LogP contribution is 2.38. The van der Waals surface area contributed by atoms with Gasteiger partial charge in [-0.2, -0.15) is 5.10 Å². The first-order valence-corrected chi connectivity index (χ1v) is 9.49. The zero-order valence-corrected chi connectivity index (χ0v) is 16.7. The molecule has 3 aromatic rings. The summed E-state index contributed by atoms with van der Waals surface area (Å²) in [6, 6.07) is 12.9. The summed E-state index contributed by atoms with van der Waals surface area (Å²) in [6.45, 7) is 5.90. The number of fused-ring (bicyclic) bond motifs is 1. The third-order valence-corrected chi connectivity index (χ3v) is 5.21. The van der Waals surface area contributed by atoms with Crippen LogP contribution in [0, 0.1) is 20.8 Å². The lowest BCUT2D eigenvalue weighted by Crippen LogP contribution is -2.28. The van der Waals surface area contributed by atoms with Gasteiger partial charge < -0.3 is 5.32 Å². The Morgan fingerprint density at radius 1 is 1.14 bits per heavy atom. The summed E-state index contributed by atoms with van der Waals surface area (Å²) in [5, 5.41) is 8.06. The molecule has 1 aliphatic rings. The van der Waals surface area contributed by atoms with Gasteiger partial charge in [0, 0.05) is 22.6 Å². The standard InChI is InChI=1S/C22H20ClN3O2/c1-12-7-13(2)9-17(8-12)26-22-20(14(3)25-26)18(11-19(27)24-22)21(28)15-5-4-6-16(23)10-15/h4-10,18H,11H2,1-3H3,(H,24,27)/t18-/m1/s1. The number of ketones is 1. The number of halogens is 1. The molecule has 1 amide bonds. The maximum Gasteiger partial charge on any atom is 0.226 e. The molecule has 0 bridgehead atoms. The average Bonchev–Trinajstić information content (AvgIpc) is 2.96. The number of carbonyl (C=O) groups is 2. The lowest BCUT2D eigenvalue weighted by atomic mass is 9.85. The van der Waals surface area contributed by atoms with Gasteiger partial charge in [-0.1, -0.05) is 29.8 Å². The molecule has 0 saturated carbocycles. The number of rotatable bonds is 3. The molecule has 1 N–H and O–H groups in total. The number of anilines is 1. The molecule has 5 nitrogen and oxygen atoms in total. The number of nitrogens with zero attached hydrogens (tertiary/aromatic N) is 2. The molecule has 28 heavy (non-hydrogen) atoms. The molecular weight excluding hydrogens is 374 g/mol. The Kier molecular flexibility index (Phi) is 4.55. The fourth-order valence-electron chi connectivity index (χ4n) is 3.87. The number of hydrogen-bond acceptors (Lipinski definition) is 3. The van der Waals surface area contributed by atoms with Gasteiger partial charge in [0.05, 0.1) is 17.3 Å². The smallest absolute Gasteiger partial charge is 0.226 e. The minimum absolute atomic E-state index is 0.0950. The molecule has 142 valence electrons. The van der Waals surface area contributed by atoms with E-state index in [0.717, 1.165) is 28.1 Å². The van der Waals surface area contributed by atoms with Crippen LogP contribution in [0.1, 0.15) is 45.1 Å². The lowest BCUT2D eigenvalue weighted by molar-refractivity contribution is -0.116. The molecule has 1 atom stereocenters. The first kappa shape index (κ1) is 18.4. The molecule has 0 fully saturated rings. The molecule has 6 heteroatoms. The SMILES string of the molecule is Cc1cc(C)cc(-n2nc(C)c3c2NC(=O)C[C@H]3C(=O)c2cccc(Cl)c2)c1. The number of carbonyl (C=O) groups excluding carboxylic acids is 2. The van der Waals surface area contributed by atoms with E-state index in [1.807, 2.05) is 32.9 Å². The number of benzene rings is 2. The molecule has 1 aromatic heterocycles. The van der Waals surface area contributed by atoms with Crippen LogP contribution in [0.4, 0.5) is 5.82 Å². The van der Waals surface area contributed by atoms with E-state index in [9.17, 15) is 9.59 Å². The van der Waals surface area contributed by atoms with Gasteiger partial charge in [0.1, 0.15) is 5.82 Å². The molecule has 4 rings (SSSR count). The van der Waals surface area contributed by atoms with Crippen molar-refractivity contribution in [3.8, 4) is 5.69 Å². The number of hydrogen-bond donors (Lipinski definition) is 1. The van der Waals surface area contributed by atoms with Gasteiger partial charge >= 0.3 is 0 Å². The minimum Gasteiger partial charge on any atom is -0.310 e. The first-order valence-electron chi connectivity index (χ1n) is 9.11. The summed E-state index contributed by atoms with van der Waals surface area (Å²) in [6.07, 6.45) is 0.0950. The number of nitrogens with one attached hydrogen (secondary N) is 1. The van der Waals surface area contributed by atoms with E-state index in [1.165, 1.54) is 0 Å². The van der Waals surface area contributed by atoms with E-state index in [0.29, 0.717) is 16.4 Å². The Hall–Kier alpha value is -2.92. The van der Waals surface area contributed by atoms with E-state index in [-0.39, 0.29) is 18.1 Å². The second kappa shape index (κ2) is 6.91. The van der Waals surface area contributed by atoms with E-state index >= 15 is 0 Å². The van der Waals surface area contributed by atoms with Gasteiger partial charge in [0.15, 0.2) is 5.78 Å². The molecular formula is C22H20ClN3O2. The van der Waals surface area contributed by atoms with E-state index < -0.39 is 5.92 Å². The van der Waals surface area contributed by atoms with Crippen molar-refractivity contribution in [2.45, 2.75) is 33.1 Å². The van der Waals surface area contributed by atoms with Crippen LogP contribution in [0.15, 0.2) is 42.5 Å². The highest BCUT2D eigenvalue weighted by Gasteiger charge is 2.36. The van der Waals surface area contributed by atoms with E-state index in [2.05, 4.69) is 16.5 Å². The highest BCUT2D eigenvalue weighted by molar-refractivity contribution is 6.31. The summed E-state index contributed by atoms with van der Waals surface area (Å²) >= 11 is 6.05. The van der Waals surface area contributed by atoms with E-state index in [1.54, 1.807) is 28.9 Å². The van der Waals surface area contributed by atoms with Crippen molar-refractivity contribution in [3.63, 3.8) is 0 Å². The van der Waals surface area contributed by atoms with Crippen molar-refractivity contribution in [2.75, 3.05) is 5.32 Å². The van der Waals surface area contributed by atoms with Crippen LogP contribution in [0.5, 0.6) is 0 Å². The molecule has 0 aliphatic carbocycles. The van der Waals surface area contributed by atoms with Gasteiger partial charge in [0.25, 0.3) is 0 Å². The number of aromatic nitrogens is 2. The van der Waals surface area contributed by atoms with Gasteiger partial charge in [-0.3, -0.25) is 9.59 Å².